The number of rotatable bonds is 4. The quantitative estimate of drug-likeness (QED) is 0.824. The van der Waals surface area contributed by atoms with Crippen molar-refractivity contribution in [1.82, 2.24) is 4.98 Å². The Labute approximate surface area is 103 Å². The van der Waals surface area contributed by atoms with E-state index in [-0.39, 0.29) is 0 Å². The summed E-state index contributed by atoms with van der Waals surface area (Å²) >= 11 is 7.64. The third kappa shape index (κ3) is 2.65. The van der Waals surface area contributed by atoms with Crippen LogP contribution in [0.5, 0.6) is 0 Å². The van der Waals surface area contributed by atoms with Gasteiger partial charge in [0, 0.05) is 18.3 Å². The van der Waals surface area contributed by atoms with E-state index in [0.29, 0.717) is 10.7 Å². The summed E-state index contributed by atoms with van der Waals surface area (Å²) in [5.74, 6) is 0. The number of halogens is 1. The number of nitrogens with one attached hydrogen (secondary N) is 1. The molecule has 0 saturated carbocycles. The van der Waals surface area contributed by atoms with E-state index in [4.69, 9.17) is 17.3 Å². The molecule has 0 saturated heterocycles. The van der Waals surface area contributed by atoms with Gasteiger partial charge in [-0.15, -0.1) is 11.3 Å². The Balaban J connectivity index is 1.95. The number of aromatic nitrogens is 1. The Kier molecular flexibility index (Phi) is 3.64. The molecule has 1 aromatic carbocycles. The lowest BCUT2D eigenvalue weighted by Crippen LogP contribution is -2.07. The number of nitrogens with two attached hydrogens (primary N) is 1. The molecule has 0 amide bonds. The fourth-order valence-electron chi connectivity index (χ4n) is 1.40. The third-order valence-corrected chi connectivity index (χ3v) is 3.16. The van der Waals surface area contributed by atoms with Crippen LogP contribution in [-0.2, 0) is 6.42 Å². The molecule has 0 aliphatic heterocycles. The minimum Gasteiger partial charge on any atom is -0.397 e. The van der Waals surface area contributed by atoms with Gasteiger partial charge >= 0.3 is 0 Å². The molecule has 0 aliphatic carbocycles. The van der Waals surface area contributed by atoms with Gasteiger partial charge in [0.15, 0.2) is 0 Å². The zero-order valence-electron chi connectivity index (χ0n) is 8.61. The number of benzene rings is 1. The summed E-state index contributed by atoms with van der Waals surface area (Å²) in [6, 6.07) is 5.49. The molecular formula is C11H12ClN3S. The average molecular weight is 254 g/mol. The van der Waals surface area contributed by atoms with Crippen LogP contribution in [0.1, 0.15) is 5.69 Å². The van der Waals surface area contributed by atoms with Gasteiger partial charge < -0.3 is 11.1 Å². The second-order valence-corrected chi connectivity index (χ2v) is 4.49. The van der Waals surface area contributed by atoms with Crippen molar-refractivity contribution in [1.29, 1.82) is 0 Å². The molecule has 1 aromatic heterocycles. The summed E-state index contributed by atoms with van der Waals surface area (Å²) in [5.41, 5.74) is 10.2. The molecule has 0 fully saturated rings. The van der Waals surface area contributed by atoms with Crippen molar-refractivity contribution in [2.24, 2.45) is 0 Å². The van der Waals surface area contributed by atoms with Crippen molar-refractivity contribution in [2.45, 2.75) is 6.42 Å². The topological polar surface area (TPSA) is 50.9 Å². The van der Waals surface area contributed by atoms with Gasteiger partial charge in [0.05, 0.1) is 27.6 Å². The van der Waals surface area contributed by atoms with Crippen molar-refractivity contribution in [3.63, 3.8) is 0 Å². The molecule has 0 bridgehead atoms. The van der Waals surface area contributed by atoms with E-state index in [9.17, 15) is 0 Å². The highest BCUT2D eigenvalue weighted by Gasteiger charge is 2.03. The van der Waals surface area contributed by atoms with E-state index in [1.807, 2.05) is 29.1 Å². The fourth-order valence-corrected chi connectivity index (χ4v) is 2.25. The van der Waals surface area contributed by atoms with E-state index >= 15 is 0 Å². The van der Waals surface area contributed by atoms with Crippen LogP contribution in [0.3, 0.4) is 0 Å². The Bertz CT molecular complexity index is 436. The molecule has 2 rings (SSSR count). The molecule has 3 N–H and O–H groups in total. The summed E-state index contributed by atoms with van der Waals surface area (Å²) < 4.78 is 0. The van der Waals surface area contributed by atoms with Gasteiger partial charge in [-0.3, -0.25) is 0 Å². The predicted molar refractivity (Wildman–Crippen MR) is 70.2 cm³/mol. The summed E-state index contributed by atoms with van der Waals surface area (Å²) in [7, 11) is 0. The van der Waals surface area contributed by atoms with Crippen molar-refractivity contribution in [3.05, 3.63) is 39.8 Å². The Morgan fingerprint density at radius 3 is 3.00 bits per heavy atom. The zero-order valence-corrected chi connectivity index (χ0v) is 10.2. The molecule has 84 valence electrons. The van der Waals surface area contributed by atoms with E-state index in [2.05, 4.69) is 10.3 Å². The van der Waals surface area contributed by atoms with Crippen LogP contribution in [0.15, 0.2) is 29.1 Å². The predicted octanol–water partition coefficient (Wildman–Crippen LogP) is 3.03. The maximum atomic E-state index is 6.03. The number of nitrogen functional groups attached to an aromatic ring is 1. The van der Waals surface area contributed by atoms with E-state index < -0.39 is 0 Å². The number of para-hydroxylation sites is 1. The highest BCUT2D eigenvalue weighted by Crippen LogP contribution is 2.27. The first-order valence-electron chi connectivity index (χ1n) is 4.92. The van der Waals surface area contributed by atoms with Gasteiger partial charge in [0.25, 0.3) is 0 Å². The molecule has 0 radical (unpaired) electrons. The largest absolute Gasteiger partial charge is 0.397 e. The zero-order chi connectivity index (χ0) is 11.4. The standard InChI is InChI=1S/C11H12ClN3S/c12-9-2-1-3-10(13)11(9)14-5-4-8-6-16-7-15-8/h1-3,6-7,14H,4-5,13H2. The number of anilines is 2. The molecule has 2 aromatic rings. The van der Waals surface area contributed by atoms with Crippen molar-refractivity contribution < 1.29 is 0 Å². The maximum absolute atomic E-state index is 6.03. The lowest BCUT2D eigenvalue weighted by Gasteiger charge is -2.10. The Hall–Kier alpha value is -1.26. The second kappa shape index (κ2) is 5.18. The summed E-state index contributed by atoms with van der Waals surface area (Å²) in [6.45, 7) is 0.775. The molecule has 0 aliphatic rings. The molecule has 0 spiro atoms. The summed E-state index contributed by atoms with van der Waals surface area (Å²) in [5, 5.41) is 5.92. The van der Waals surface area contributed by atoms with E-state index in [1.54, 1.807) is 11.3 Å². The van der Waals surface area contributed by atoms with Crippen molar-refractivity contribution in [3.8, 4) is 0 Å². The van der Waals surface area contributed by atoms with Crippen LogP contribution in [0.4, 0.5) is 11.4 Å². The van der Waals surface area contributed by atoms with Crippen molar-refractivity contribution in [2.75, 3.05) is 17.6 Å². The summed E-state index contributed by atoms with van der Waals surface area (Å²) in [4.78, 5) is 4.21. The second-order valence-electron chi connectivity index (χ2n) is 3.36. The lowest BCUT2D eigenvalue weighted by atomic mass is 10.2. The minimum absolute atomic E-state index is 0.651. The van der Waals surface area contributed by atoms with E-state index in [0.717, 1.165) is 24.3 Å². The molecule has 3 nitrogen and oxygen atoms in total. The molecule has 16 heavy (non-hydrogen) atoms. The van der Waals surface area contributed by atoms with Gasteiger partial charge in [-0.1, -0.05) is 17.7 Å². The molecule has 0 atom stereocenters. The molecule has 5 heteroatoms. The first-order valence-corrected chi connectivity index (χ1v) is 6.24. The minimum atomic E-state index is 0.651. The van der Waals surface area contributed by atoms with Crippen LogP contribution < -0.4 is 11.1 Å². The Morgan fingerprint density at radius 2 is 2.31 bits per heavy atom. The van der Waals surface area contributed by atoms with Gasteiger partial charge in [0.2, 0.25) is 0 Å². The normalized spacial score (nSPS) is 10.3. The summed E-state index contributed by atoms with van der Waals surface area (Å²) in [6.07, 6.45) is 0.869. The first kappa shape index (κ1) is 11.2. The highest BCUT2D eigenvalue weighted by atomic mass is 35.5. The van der Waals surface area contributed by atoms with E-state index in [1.165, 1.54) is 0 Å². The monoisotopic (exact) mass is 253 g/mol. The van der Waals surface area contributed by atoms with Gasteiger partial charge in [0.1, 0.15) is 0 Å². The lowest BCUT2D eigenvalue weighted by molar-refractivity contribution is 0.978. The average Bonchev–Trinajstić information content (AvgIpc) is 2.75. The molecule has 1 heterocycles. The maximum Gasteiger partial charge on any atom is 0.0794 e. The van der Waals surface area contributed by atoms with Crippen LogP contribution in [0, 0.1) is 0 Å². The molecule has 0 unspecified atom stereocenters. The van der Waals surface area contributed by atoms with Gasteiger partial charge in [-0.2, -0.15) is 0 Å². The van der Waals surface area contributed by atoms with Gasteiger partial charge in [-0.25, -0.2) is 4.98 Å². The van der Waals surface area contributed by atoms with Crippen LogP contribution in [0.2, 0.25) is 5.02 Å². The number of hydrogen-bond acceptors (Lipinski definition) is 4. The highest BCUT2D eigenvalue weighted by molar-refractivity contribution is 7.07. The third-order valence-electron chi connectivity index (χ3n) is 2.21. The molecular weight excluding hydrogens is 242 g/mol. The van der Waals surface area contributed by atoms with Gasteiger partial charge in [-0.05, 0) is 12.1 Å². The van der Waals surface area contributed by atoms with Crippen LogP contribution in [0.25, 0.3) is 0 Å². The number of hydrogen-bond donors (Lipinski definition) is 2. The number of thiazole rings is 1. The Morgan fingerprint density at radius 1 is 1.44 bits per heavy atom. The smallest absolute Gasteiger partial charge is 0.0794 e. The first-order chi connectivity index (χ1) is 7.77. The number of nitrogens with zero attached hydrogens (tertiary/aromatic N) is 1. The van der Waals surface area contributed by atoms with Crippen LogP contribution in [-0.4, -0.2) is 11.5 Å². The SMILES string of the molecule is Nc1cccc(Cl)c1NCCc1cscn1. The fraction of sp³-hybridized carbons (Fsp3) is 0.182. The van der Waals surface area contributed by atoms with Crippen molar-refractivity contribution >= 4 is 34.3 Å². The van der Waals surface area contributed by atoms with Crippen LogP contribution >= 0.6 is 22.9 Å².